The van der Waals surface area contributed by atoms with Crippen LogP contribution in [0, 0.1) is 10.1 Å². The Morgan fingerprint density at radius 3 is 2.21 bits per heavy atom. The number of non-ortho nitro benzene ring substituents is 1. The van der Waals surface area contributed by atoms with Crippen molar-refractivity contribution in [2.75, 3.05) is 4.90 Å². The second-order valence-corrected chi connectivity index (χ2v) is 8.07. The van der Waals surface area contributed by atoms with E-state index in [0.717, 1.165) is 4.90 Å². The number of carbonyl (C=O) groups excluding carboxylic acids is 3. The van der Waals surface area contributed by atoms with Gasteiger partial charge in [0.1, 0.15) is 5.76 Å². The third kappa shape index (κ3) is 4.06. The smallest absolute Gasteiger partial charge is 0.300 e. The van der Waals surface area contributed by atoms with Gasteiger partial charge in [-0.25, -0.2) is 0 Å². The lowest BCUT2D eigenvalue weighted by Crippen LogP contribution is -2.29. The van der Waals surface area contributed by atoms with E-state index in [1.165, 1.54) is 79.7 Å². The van der Waals surface area contributed by atoms with E-state index in [0.29, 0.717) is 16.3 Å². The lowest BCUT2D eigenvalue weighted by Gasteiger charge is -2.25. The zero-order chi connectivity index (χ0) is 24.6. The second kappa shape index (κ2) is 8.92. The van der Waals surface area contributed by atoms with E-state index in [1.54, 1.807) is 0 Å². The molecule has 3 aromatic carbocycles. The van der Waals surface area contributed by atoms with Crippen molar-refractivity contribution < 1.29 is 24.4 Å². The number of aliphatic hydroxyl groups is 1. The predicted molar refractivity (Wildman–Crippen MR) is 126 cm³/mol. The third-order valence-electron chi connectivity index (χ3n) is 5.51. The summed E-state index contributed by atoms with van der Waals surface area (Å²) in [6.45, 7) is 1.40. The summed E-state index contributed by atoms with van der Waals surface area (Å²) in [6, 6.07) is 16.5. The molecule has 1 saturated heterocycles. The van der Waals surface area contributed by atoms with Crippen LogP contribution in [-0.2, 0) is 9.59 Å². The maximum absolute atomic E-state index is 13.1. The molecule has 9 heteroatoms. The fourth-order valence-corrected chi connectivity index (χ4v) is 3.97. The van der Waals surface area contributed by atoms with Gasteiger partial charge < -0.3 is 5.11 Å². The van der Waals surface area contributed by atoms with Gasteiger partial charge >= 0.3 is 0 Å². The lowest BCUT2D eigenvalue weighted by molar-refractivity contribution is -0.384. The van der Waals surface area contributed by atoms with Crippen molar-refractivity contribution in [1.29, 1.82) is 0 Å². The quantitative estimate of drug-likeness (QED) is 0.137. The Morgan fingerprint density at radius 1 is 1.00 bits per heavy atom. The van der Waals surface area contributed by atoms with E-state index >= 15 is 0 Å². The first kappa shape index (κ1) is 22.9. The number of hydrogen-bond donors (Lipinski definition) is 1. The molecule has 0 unspecified atom stereocenters. The SMILES string of the molecule is CC(=O)c1ccc(N2C(=O)C(=O)/C(=C(/O)c3ccc(Cl)cc3)[C@H]2c2cccc([N+](=O)[O-])c2)cc1. The fraction of sp³-hybridized carbons (Fsp3) is 0.0800. The first-order chi connectivity index (χ1) is 16.2. The van der Waals surface area contributed by atoms with Crippen LogP contribution in [0.4, 0.5) is 11.4 Å². The number of aliphatic hydroxyl groups excluding tert-OH is 1. The molecule has 1 atom stereocenters. The van der Waals surface area contributed by atoms with Gasteiger partial charge in [0, 0.05) is 34.0 Å². The number of halogens is 1. The first-order valence-corrected chi connectivity index (χ1v) is 10.5. The molecular formula is C25H17ClN2O6. The number of carbonyl (C=O) groups is 3. The number of rotatable bonds is 5. The van der Waals surface area contributed by atoms with Gasteiger partial charge in [0.25, 0.3) is 17.4 Å². The van der Waals surface area contributed by atoms with Gasteiger partial charge in [-0.3, -0.25) is 29.4 Å². The molecule has 170 valence electrons. The third-order valence-corrected chi connectivity index (χ3v) is 5.76. The minimum absolute atomic E-state index is 0.174. The van der Waals surface area contributed by atoms with Gasteiger partial charge in [-0.2, -0.15) is 0 Å². The minimum Gasteiger partial charge on any atom is -0.507 e. The van der Waals surface area contributed by atoms with Crippen LogP contribution in [0.5, 0.6) is 0 Å². The van der Waals surface area contributed by atoms with Gasteiger partial charge in [-0.05, 0) is 61.0 Å². The zero-order valence-electron chi connectivity index (χ0n) is 17.8. The average Bonchev–Trinajstić information content (AvgIpc) is 3.09. The summed E-state index contributed by atoms with van der Waals surface area (Å²) in [5.74, 6) is -2.47. The van der Waals surface area contributed by atoms with Crippen molar-refractivity contribution in [2.24, 2.45) is 0 Å². The predicted octanol–water partition coefficient (Wildman–Crippen LogP) is 5.08. The highest BCUT2D eigenvalue weighted by Gasteiger charge is 2.47. The maximum atomic E-state index is 13.1. The highest BCUT2D eigenvalue weighted by atomic mass is 35.5. The van der Waals surface area contributed by atoms with Gasteiger partial charge in [0.2, 0.25) is 0 Å². The largest absolute Gasteiger partial charge is 0.507 e. The lowest BCUT2D eigenvalue weighted by atomic mass is 9.94. The molecule has 0 aliphatic carbocycles. The van der Waals surface area contributed by atoms with Crippen molar-refractivity contribution in [3.8, 4) is 0 Å². The topological polar surface area (TPSA) is 118 Å². The first-order valence-electron chi connectivity index (χ1n) is 10.1. The molecule has 0 saturated carbocycles. The summed E-state index contributed by atoms with van der Waals surface area (Å²) in [6.07, 6.45) is 0. The van der Waals surface area contributed by atoms with Crippen molar-refractivity contribution in [3.05, 3.63) is 110 Å². The van der Waals surface area contributed by atoms with Crippen LogP contribution >= 0.6 is 11.6 Å². The van der Waals surface area contributed by atoms with E-state index < -0.39 is 28.4 Å². The van der Waals surface area contributed by atoms with Crippen molar-refractivity contribution in [3.63, 3.8) is 0 Å². The minimum atomic E-state index is -1.14. The molecule has 1 N–H and O–H groups in total. The highest BCUT2D eigenvalue weighted by molar-refractivity contribution is 6.51. The summed E-state index contributed by atoms with van der Waals surface area (Å²) in [4.78, 5) is 49.9. The molecule has 0 bridgehead atoms. The number of Topliss-reactive ketones (excluding diaryl/α,β-unsaturated/α-hetero) is 2. The van der Waals surface area contributed by atoms with E-state index in [2.05, 4.69) is 0 Å². The Labute approximate surface area is 198 Å². The molecule has 34 heavy (non-hydrogen) atoms. The van der Waals surface area contributed by atoms with Crippen LogP contribution in [-0.4, -0.2) is 27.5 Å². The van der Waals surface area contributed by atoms with Gasteiger partial charge in [0.05, 0.1) is 16.5 Å². The van der Waals surface area contributed by atoms with Crippen LogP contribution in [0.3, 0.4) is 0 Å². The molecule has 0 radical (unpaired) electrons. The molecule has 0 aromatic heterocycles. The Morgan fingerprint density at radius 2 is 1.62 bits per heavy atom. The Hall–Kier alpha value is -4.30. The normalized spacial score (nSPS) is 17.1. The number of nitro groups is 1. The van der Waals surface area contributed by atoms with Gasteiger partial charge in [0.15, 0.2) is 5.78 Å². The molecule has 1 heterocycles. The molecule has 1 fully saturated rings. The Kier molecular flexibility index (Phi) is 6.00. The molecule has 0 spiro atoms. The van der Waals surface area contributed by atoms with Crippen LogP contribution in [0.2, 0.25) is 5.02 Å². The molecule has 1 amide bonds. The molecular weight excluding hydrogens is 460 g/mol. The molecule has 1 aliphatic rings. The van der Waals surface area contributed by atoms with Crippen molar-refractivity contribution in [2.45, 2.75) is 13.0 Å². The van der Waals surface area contributed by atoms with E-state index in [-0.39, 0.29) is 28.2 Å². The average molecular weight is 477 g/mol. The number of ketones is 2. The van der Waals surface area contributed by atoms with Crippen molar-refractivity contribution >= 4 is 46.2 Å². The summed E-state index contributed by atoms with van der Waals surface area (Å²) in [5, 5.41) is 22.8. The van der Waals surface area contributed by atoms with E-state index in [4.69, 9.17) is 11.6 Å². The summed E-state index contributed by atoms with van der Waals surface area (Å²) >= 11 is 5.92. The highest BCUT2D eigenvalue weighted by Crippen LogP contribution is 2.42. The number of amides is 1. The van der Waals surface area contributed by atoms with Crippen LogP contribution in [0.15, 0.2) is 78.4 Å². The molecule has 4 rings (SSSR count). The molecule has 3 aromatic rings. The van der Waals surface area contributed by atoms with E-state index in [1.807, 2.05) is 0 Å². The van der Waals surface area contributed by atoms with Crippen LogP contribution in [0.25, 0.3) is 5.76 Å². The number of benzene rings is 3. The van der Waals surface area contributed by atoms with Crippen LogP contribution < -0.4 is 4.90 Å². The number of hydrogen-bond acceptors (Lipinski definition) is 6. The number of anilines is 1. The summed E-state index contributed by atoms with van der Waals surface area (Å²) < 4.78 is 0. The molecule has 8 nitrogen and oxygen atoms in total. The van der Waals surface area contributed by atoms with Crippen molar-refractivity contribution in [1.82, 2.24) is 0 Å². The second-order valence-electron chi connectivity index (χ2n) is 7.63. The van der Waals surface area contributed by atoms with E-state index in [9.17, 15) is 29.6 Å². The maximum Gasteiger partial charge on any atom is 0.300 e. The number of nitrogens with zero attached hydrogens (tertiary/aromatic N) is 2. The Balaban J connectivity index is 1.94. The van der Waals surface area contributed by atoms with Gasteiger partial charge in [-0.15, -0.1) is 0 Å². The summed E-state index contributed by atoms with van der Waals surface area (Å²) in [7, 11) is 0. The summed E-state index contributed by atoms with van der Waals surface area (Å²) in [5.41, 5.74) is 0.765. The zero-order valence-corrected chi connectivity index (χ0v) is 18.5. The molecule has 1 aliphatic heterocycles. The monoisotopic (exact) mass is 476 g/mol. The number of nitro benzene ring substituents is 1. The van der Waals surface area contributed by atoms with Gasteiger partial charge in [-0.1, -0.05) is 23.7 Å². The van der Waals surface area contributed by atoms with Crippen LogP contribution in [0.1, 0.15) is 34.5 Å². The standard InChI is InChI=1S/C25H17ClN2O6/c1-14(29)15-7-11-19(12-8-15)27-22(17-3-2-4-20(13-17)28(33)34)21(24(31)25(27)32)23(30)16-5-9-18(26)10-6-16/h2-13,22,30H,1H3/b23-21+/t22-/m1/s1. The Bertz CT molecular complexity index is 1360. The fourth-order valence-electron chi connectivity index (χ4n) is 3.84.